The number of nitrogens with zero attached hydrogens (tertiary/aromatic N) is 1. The highest BCUT2D eigenvalue weighted by molar-refractivity contribution is 5.94. The highest BCUT2D eigenvalue weighted by atomic mass is 19.1. The molecule has 216 valence electrons. The van der Waals surface area contributed by atoms with E-state index in [-0.39, 0.29) is 31.0 Å². The summed E-state index contributed by atoms with van der Waals surface area (Å²) >= 11 is 0. The minimum atomic E-state index is -1.15. The van der Waals surface area contributed by atoms with Crippen molar-refractivity contribution in [3.63, 3.8) is 0 Å². The molecular weight excluding hydrogens is 511 g/mol. The van der Waals surface area contributed by atoms with E-state index >= 15 is 0 Å². The first-order chi connectivity index (χ1) is 19.2. The molecule has 0 heterocycles. The molecule has 0 aromatic heterocycles. The lowest BCUT2D eigenvalue weighted by Gasteiger charge is -2.32. The zero-order valence-electron chi connectivity index (χ0n) is 23.5. The van der Waals surface area contributed by atoms with E-state index < -0.39 is 24.6 Å². The Hall–Kier alpha value is -3.75. The first-order valence-electron chi connectivity index (χ1n) is 13.6. The Bertz CT molecular complexity index is 1180. The van der Waals surface area contributed by atoms with Gasteiger partial charge in [0.1, 0.15) is 5.82 Å². The largest absolute Gasteiger partial charge is 0.481 e. The molecule has 0 fully saturated rings. The number of carboxylic acids is 1. The van der Waals surface area contributed by atoms with Crippen molar-refractivity contribution in [2.75, 3.05) is 18.4 Å². The zero-order valence-corrected chi connectivity index (χ0v) is 23.5. The van der Waals surface area contributed by atoms with Crippen LogP contribution in [-0.2, 0) is 9.59 Å². The Balaban J connectivity index is 2.55. The number of para-hydroxylation sites is 1. The maximum atomic E-state index is 13.9. The summed E-state index contributed by atoms with van der Waals surface area (Å²) in [6.45, 7) is 6.77. The van der Waals surface area contributed by atoms with E-state index in [4.69, 9.17) is 5.11 Å². The molecule has 0 spiro atoms. The van der Waals surface area contributed by atoms with Crippen LogP contribution in [0.25, 0.3) is 5.70 Å². The molecule has 4 N–H and O–H groups in total. The number of carboxylic acid groups (broad SMARTS) is 1. The first-order valence-corrected chi connectivity index (χ1v) is 13.6. The van der Waals surface area contributed by atoms with Crippen LogP contribution in [0.2, 0.25) is 0 Å². The topological polar surface area (TPSA) is 110 Å². The number of allylic oxidation sites excluding steroid dienone is 4. The summed E-state index contributed by atoms with van der Waals surface area (Å²) in [6, 6.07) is 15.3. The van der Waals surface area contributed by atoms with Crippen LogP contribution in [0.1, 0.15) is 58.4 Å². The van der Waals surface area contributed by atoms with E-state index in [0.717, 1.165) is 28.8 Å². The predicted octanol–water partition coefficient (Wildman–Crippen LogP) is 5.78. The number of aliphatic carboxylic acids is 1. The van der Waals surface area contributed by atoms with Gasteiger partial charge in [-0.05, 0) is 86.2 Å². The number of amides is 1. The van der Waals surface area contributed by atoms with Crippen molar-refractivity contribution in [3.8, 4) is 0 Å². The summed E-state index contributed by atoms with van der Waals surface area (Å²) in [5.74, 6) is -1.72. The molecule has 0 aliphatic rings. The smallest absolute Gasteiger partial charge is 0.305 e. The Labute approximate surface area is 236 Å². The number of halogens is 1. The minimum Gasteiger partial charge on any atom is -0.481 e. The normalized spacial score (nSPS) is 14.0. The van der Waals surface area contributed by atoms with Gasteiger partial charge in [-0.25, -0.2) is 4.39 Å². The standard InChI is InChI=1S/C32H41FN2O5/c1-4-10-23(6-3)29(22-30(38)34-26-11-8-7-9-12-26)32(24-13-15-25(33)16-14-24)35(18-5-2)19-17-27(36)20-28(37)21-31(39)40/h4,6-16,27-28,36-37H,5,17-22H2,1-3H3,(H,34,38)(H,39,40)/b10-4-,23-6+,32-29+. The molecule has 8 heteroatoms. The van der Waals surface area contributed by atoms with E-state index in [9.17, 15) is 24.2 Å². The summed E-state index contributed by atoms with van der Waals surface area (Å²) in [6.07, 6.45) is 4.24. The lowest BCUT2D eigenvalue weighted by Crippen LogP contribution is -2.30. The molecule has 7 nitrogen and oxygen atoms in total. The second kappa shape index (κ2) is 17.0. The van der Waals surface area contributed by atoms with Crippen molar-refractivity contribution in [2.24, 2.45) is 0 Å². The lowest BCUT2D eigenvalue weighted by atomic mass is 9.94. The lowest BCUT2D eigenvalue weighted by molar-refractivity contribution is -0.139. The molecule has 0 bridgehead atoms. The SMILES string of the molecule is C\C=C/C(=C\C)C(/CC(=O)Nc1ccccc1)=C(\c1ccc(F)cc1)N(CCC)CCC(O)CC(O)CC(=O)O. The maximum absolute atomic E-state index is 13.9. The number of aliphatic hydroxyl groups excluding tert-OH is 2. The van der Waals surface area contributed by atoms with Crippen molar-refractivity contribution in [1.29, 1.82) is 0 Å². The summed E-state index contributed by atoms with van der Waals surface area (Å²) < 4.78 is 13.9. The molecular formula is C32H41FN2O5. The van der Waals surface area contributed by atoms with Gasteiger partial charge in [0, 0.05) is 24.5 Å². The third-order valence-electron chi connectivity index (χ3n) is 6.30. The zero-order chi connectivity index (χ0) is 29.5. The van der Waals surface area contributed by atoms with Crippen molar-refractivity contribution in [1.82, 2.24) is 4.90 Å². The van der Waals surface area contributed by atoms with Crippen LogP contribution in [0.15, 0.2) is 84.0 Å². The molecule has 2 aromatic carbocycles. The molecule has 40 heavy (non-hydrogen) atoms. The number of carbonyl (C=O) groups excluding carboxylic acids is 1. The van der Waals surface area contributed by atoms with Gasteiger partial charge in [-0.3, -0.25) is 9.59 Å². The first kappa shape index (κ1) is 32.5. The summed E-state index contributed by atoms with van der Waals surface area (Å²) in [5.41, 5.74) is 3.73. The van der Waals surface area contributed by atoms with E-state index in [1.54, 1.807) is 12.1 Å². The van der Waals surface area contributed by atoms with Crippen molar-refractivity contribution >= 4 is 23.3 Å². The fourth-order valence-electron chi connectivity index (χ4n) is 4.54. The van der Waals surface area contributed by atoms with Gasteiger partial charge >= 0.3 is 5.97 Å². The third kappa shape index (κ3) is 10.8. The highest BCUT2D eigenvalue weighted by Crippen LogP contribution is 2.32. The predicted molar refractivity (Wildman–Crippen MR) is 157 cm³/mol. The molecule has 0 aliphatic carbocycles. The number of nitrogens with one attached hydrogen (secondary N) is 1. The quantitative estimate of drug-likeness (QED) is 0.197. The number of rotatable bonds is 16. The average molecular weight is 553 g/mol. The summed E-state index contributed by atoms with van der Waals surface area (Å²) in [4.78, 5) is 26.3. The van der Waals surface area contributed by atoms with Crippen molar-refractivity contribution < 1.29 is 29.3 Å². The molecule has 2 unspecified atom stereocenters. The van der Waals surface area contributed by atoms with Gasteiger partial charge in [0.05, 0.1) is 25.0 Å². The van der Waals surface area contributed by atoms with Crippen LogP contribution in [0.3, 0.4) is 0 Å². The van der Waals surface area contributed by atoms with Gasteiger partial charge in [0.25, 0.3) is 0 Å². The van der Waals surface area contributed by atoms with Gasteiger partial charge in [-0.2, -0.15) is 0 Å². The Morgan fingerprint density at radius 1 is 1.00 bits per heavy atom. The van der Waals surface area contributed by atoms with Crippen LogP contribution >= 0.6 is 0 Å². The summed E-state index contributed by atoms with van der Waals surface area (Å²) in [7, 11) is 0. The van der Waals surface area contributed by atoms with Gasteiger partial charge in [0.15, 0.2) is 0 Å². The number of hydrogen-bond acceptors (Lipinski definition) is 5. The molecule has 0 radical (unpaired) electrons. The van der Waals surface area contributed by atoms with Gasteiger partial charge < -0.3 is 25.5 Å². The van der Waals surface area contributed by atoms with E-state index in [0.29, 0.717) is 18.8 Å². The van der Waals surface area contributed by atoms with E-state index in [1.807, 2.05) is 69.3 Å². The van der Waals surface area contributed by atoms with Gasteiger partial charge in [0.2, 0.25) is 5.91 Å². The van der Waals surface area contributed by atoms with Crippen LogP contribution < -0.4 is 5.32 Å². The average Bonchev–Trinajstić information content (AvgIpc) is 2.91. The molecule has 0 saturated carbocycles. The van der Waals surface area contributed by atoms with Crippen LogP contribution in [-0.4, -0.2) is 57.4 Å². The number of hydrogen-bond donors (Lipinski definition) is 4. The maximum Gasteiger partial charge on any atom is 0.305 e. The Kier molecular flexibility index (Phi) is 13.8. The minimum absolute atomic E-state index is 0.0473. The third-order valence-corrected chi connectivity index (χ3v) is 6.30. The fraction of sp³-hybridized carbons (Fsp3) is 0.375. The molecule has 0 aliphatic heterocycles. The van der Waals surface area contributed by atoms with Crippen LogP contribution in [0.5, 0.6) is 0 Å². The number of anilines is 1. The number of aliphatic hydroxyl groups is 2. The number of carbonyl (C=O) groups is 2. The monoisotopic (exact) mass is 552 g/mol. The molecule has 1 amide bonds. The fourth-order valence-corrected chi connectivity index (χ4v) is 4.54. The molecule has 2 aromatic rings. The van der Waals surface area contributed by atoms with Crippen molar-refractivity contribution in [2.45, 2.75) is 65.1 Å². The van der Waals surface area contributed by atoms with E-state index in [1.165, 1.54) is 12.1 Å². The van der Waals surface area contributed by atoms with Crippen LogP contribution in [0.4, 0.5) is 10.1 Å². The van der Waals surface area contributed by atoms with Crippen LogP contribution in [0, 0.1) is 5.82 Å². The molecule has 2 rings (SSSR count). The Morgan fingerprint density at radius 3 is 2.25 bits per heavy atom. The molecule has 0 saturated heterocycles. The second-order valence-corrected chi connectivity index (χ2v) is 9.59. The molecule has 2 atom stereocenters. The summed E-state index contributed by atoms with van der Waals surface area (Å²) in [5, 5.41) is 32.5. The highest BCUT2D eigenvalue weighted by Gasteiger charge is 2.23. The van der Waals surface area contributed by atoms with Crippen molar-refractivity contribution in [3.05, 3.63) is 95.4 Å². The van der Waals surface area contributed by atoms with E-state index in [2.05, 4.69) is 10.2 Å². The number of benzene rings is 2. The second-order valence-electron chi connectivity index (χ2n) is 9.59. The van der Waals surface area contributed by atoms with Gasteiger partial charge in [-0.15, -0.1) is 0 Å². The van der Waals surface area contributed by atoms with Gasteiger partial charge in [-0.1, -0.05) is 43.4 Å². The Morgan fingerprint density at radius 2 is 1.68 bits per heavy atom.